The van der Waals surface area contributed by atoms with Gasteiger partial charge >= 0.3 is 6.18 Å². The molecule has 4 rings (SSSR count). The van der Waals surface area contributed by atoms with Crippen LogP contribution in [-0.2, 0) is 23.8 Å². The van der Waals surface area contributed by atoms with Crippen LogP contribution in [0, 0.1) is 0 Å². The maximum absolute atomic E-state index is 13.5. The number of amides is 2. The van der Waals surface area contributed by atoms with E-state index < -0.39 is 28.9 Å². The molecule has 1 aliphatic rings. The van der Waals surface area contributed by atoms with E-state index in [1.165, 1.54) is 11.3 Å². The number of thioether (sulfide) groups is 1. The van der Waals surface area contributed by atoms with Crippen LogP contribution >= 0.6 is 23.1 Å². The van der Waals surface area contributed by atoms with Gasteiger partial charge in [0.25, 0.3) is 5.91 Å². The van der Waals surface area contributed by atoms with Crippen molar-refractivity contribution in [3.8, 4) is 11.3 Å². The van der Waals surface area contributed by atoms with E-state index in [1.807, 2.05) is 0 Å². The Bertz CT molecular complexity index is 1230. The summed E-state index contributed by atoms with van der Waals surface area (Å²) in [5.74, 6) is -1.09. The van der Waals surface area contributed by atoms with Crippen molar-refractivity contribution < 1.29 is 22.8 Å². The second-order valence-electron chi connectivity index (χ2n) is 7.81. The van der Waals surface area contributed by atoms with E-state index in [0.29, 0.717) is 16.1 Å². The van der Waals surface area contributed by atoms with Gasteiger partial charge in [0, 0.05) is 10.4 Å². The number of carbonyl (C=O) groups is 2. The fourth-order valence-electron chi connectivity index (χ4n) is 3.72. The number of hydrogen-bond acceptors (Lipinski definition) is 6. The molecule has 0 radical (unpaired) electrons. The van der Waals surface area contributed by atoms with Gasteiger partial charge < -0.3 is 11.1 Å². The summed E-state index contributed by atoms with van der Waals surface area (Å²) in [4.78, 5) is 33.8. The molecule has 0 fully saturated rings. The number of carbonyl (C=O) groups excluding carboxylic acids is 2. The Balaban J connectivity index is 1.58. The lowest BCUT2D eigenvalue weighted by Gasteiger charge is -2.14. The number of aromatic nitrogens is 2. The van der Waals surface area contributed by atoms with Crippen molar-refractivity contribution in [2.45, 2.75) is 49.2 Å². The van der Waals surface area contributed by atoms with Gasteiger partial charge in [0.1, 0.15) is 10.7 Å². The fourth-order valence-corrected chi connectivity index (χ4v) is 5.80. The van der Waals surface area contributed by atoms with Crippen LogP contribution in [0.5, 0.6) is 0 Å². The van der Waals surface area contributed by atoms with Crippen molar-refractivity contribution in [2.24, 2.45) is 5.73 Å². The van der Waals surface area contributed by atoms with Crippen LogP contribution in [0.15, 0.2) is 41.6 Å². The van der Waals surface area contributed by atoms with Gasteiger partial charge in [-0.15, -0.1) is 11.3 Å². The number of nitrogens with zero attached hydrogens (tertiary/aromatic N) is 2. The van der Waals surface area contributed by atoms with Gasteiger partial charge in [-0.05, 0) is 44.2 Å². The second-order valence-corrected chi connectivity index (χ2v) is 10.2. The Kier molecular flexibility index (Phi) is 6.94. The summed E-state index contributed by atoms with van der Waals surface area (Å²) < 4.78 is 40.4. The van der Waals surface area contributed by atoms with Gasteiger partial charge in [0.05, 0.1) is 16.5 Å². The van der Waals surface area contributed by atoms with Gasteiger partial charge in [0.2, 0.25) is 5.91 Å². The summed E-state index contributed by atoms with van der Waals surface area (Å²) in [6.07, 6.45) is -1.17. The smallest absolute Gasteiger partial charge is 0.365 e. The third-order valence-corrected chi connectivity index (χ3v) is 7.54. The molecule has 0 unspecified atom stereocenters. The number of anilines is 1. The number of thiophene rings is 1. The first-order valence-electron chi connectivity index (χ1n) is 10.6. The number of alkyl halides is 3. The Hall–Kier alpha value is -2.92. The van der Waals surface area contributed by atoms with E-state index >= 15 is 0 Å². The number of benzene rings is 1. The van der Waals surface area contributed by atoms with Crippen molar-refractivity contribution in [2.75, 3.05) is 5.32 Å². The van der Waals surface area contributed by atoms with E-state index in [4.69, 9.17) is 5.73 Å². The van der Waals surface area contributed by atoms with Gasteiger partial charge in [0.15, 0.2) is 5.16 Å². The molecule has 0 bridgehead atoms. The molecule has 178 valence electrons. The number of hydrogen-bond donors (Lipinski definition) is 2. The minimum atomic E-state index is -4.67. The molecular weight excluding hydrogens is 485 g/mol. The zero-order chi connectivity index (χ0) is 24.5. The Labute approximate surface area is 202 Å². The van der Waals surface area contributed by atoms with E-state index in [9.17, 15) is 22.8 Å². The molecule has 0 aliphatic heterocycles. The molecule has 3 aromatic rings. The van der Waals surface area contributed by atoms with Crippen LogP contribution < -0.4 is 11.1 Å². The molecule has 2 heterocycles. The maximum Gasteiger partial charge on any atom is 0.433 e. The Morgan fingerprint density at radius 1 is 1.15 bits per heavy atom. The summed E-state index contributed by atoms with van der Waals surface area (Å²) in [6, 6.07) is 9.34. The first kappa shape index (κ1) is 24.2. The normalized spacial score (nSPS) is 14.4. The van der Waals surface area contributed by atoms with Crippen molar-refractivity contribution in [3.63, 3.8) is 0 Å². The molecule has 2 aromatic heterocycles. The number of aryl methyl sites for hydroxylation is 1. The molecule has 0 spiro atoms. The molecule has 2 amide bonds. The highest BCUT2D eigenvalue weighted by atomic mass is 32.2. The molecule has 11 heteroatoms. The lowest BCUT2D eigenvalue weighted by atomic mass is 9.95. The van der Waals surface area contributed by atoms with Crippen molar-refractivity contribution >= 4 is 39.9 Å². The first-order chi connectivity index (χ1) is 16.1. The van der Waals surface area contributed by atoms with E-state index in [-0.39, 0.29) is 10.9 Å². The summed E-state index contributed by atoms with van der Waals surface area (Å²) in [7, 11) is 0. The van der Waals surface area contributed by atoms with Crippen LogP contribution in [0.2, 0.25) is 0 Å². The second kappa shape index (κ2) is 9.75. The third kappa shape index (κ3) is 5.25. The molecular formula is C23H21F3N4O2S2. The fraction of sp³-hybridized carbons (Fsp3) is 0.304. The molecule has 1 aliphatic carbocycles. The number of fused-ring (bicyclic) bond motifs is 1. The van der Waals surface area contributed by atoms with Crippen LogP contribution in [0.3, 0.4) is 0 Å². The van der Waals surface area contributed by atoms with E-state index in [0.717, 1.165) is 54.0 Å². The number of nitrogens with two attached hydrogens (primary N) is 1. The van der Waals surface area contributed by atoms with Crippen molar-refractivity contribution in [3.05, 3.63) is 58.1 Å². The largest absolute Gasteiger partial charge is 0.433 e. The van der Waals surface area contributed by atoms with Crippen LogP contribution in [-0.4, -0.2) is 27.0 Å². The van der Waals surface area contributed by atoms with Crippen LogP contribution in [0.25, 0.3) is 11.3 Å². The predicted octanol–water partition coefficient (Wildman–Crippen LogP) is 5.32. The van der Waals surface area contributed by atoms with Gasteiger partial charge in [-0.2, -0.15) is 13.2 Å². The predicted molar refractivity (Wildman–Crippen MR) is 126 cm³/mol. The van der Waals surface area contributed by atoms with Gasteiger partial charge in [-0.25, -0.2) is 9.97 Å². The number of nitrogens with one attached hydrogen (secondary N) is 1. The Morgan fingerprint density at radius 2 is 1.85 bits per heavy atom. The molecule has 0 saturated carbocycles. The minimum Gasteiger partial charge on any atom is -0.365 e. The highest BCUT2D eigenvalue weighted by Crippen LogP contribution is 2.38. The molecule has 34 heavy (non-hydrogen) atoms. The molecule has 3 N–H and O–H groups in total. The van der Waals surface area contributed by atoms with E-state index in [1.54, 1.807) is 37.3 Å². The first-order valence-corrected chi connectivity index (χ1v) is 12.3. The SMILES string of the molecule is C[C@@H](Sc1nc(-c2ccccc2)cc(C(F)(F)F)n1)C(=O)Nc1sc2c(c1C(N)=O)CCCC2. The lowest BCUT2D eigenvalue weighted by molar-refractivity contribution is -0.141. The highest BCUT2D eigenvalue weighted by molar-refractivity contribution is 8.00. The van der Waals surface area contributed by atoms with E-state index in [2.05, 4.69) is 15.3 Å². The average molecular weight is 507 g/mol. The summed E-state index contributed by atoms with van der Waals surface area (Å²) in [5, 5.41) is 2.13. The van der Waals surface area contributed by atoms with Crippen molar-refractivity contribution in [1.82, 2.24) is 9.97 Å². The summed E-state index contributed by atoms with van der Waals surface area (Å²) in [5.41, 5.74) is 6.31. The Morgan fingerprint density at radius 3 is 2.53 bits per heavy atom. The number of rotatable bonds is 6. The average Bonchev–Trinajstić information content (AvgIpc) is 3.17. The van der Waals surface area contributed by atoms with Gasteiger partial charge in [-0.3, -0.25) is 9.59 Å². The quantitative estimate of drug-likeness (QED) is 0.348. The zero-order valence-corrected chi connectivity index (χ0v) is 19.7. The van der Waals surface area contributed by atoms with Crippen LogP contribution in [0.4, 0.5) is 18.2 Å². The summed E-state index contributed by atoms with van der Waals surface area (Å²) in [6.45, 7) is 1.54. The highest BCUT2D eigenvalue weighted by Gasteiger charge is 2.34. The standard InChI is InChI=1S/C23H21F3N4O2S2/c1-12(20(32)30-21-18(19(27)31)14-9-5-6-10-16(14)34-21)33-22-28-15(13-7-3-2-4-8-13)11-17(29-22)23(24,25)26/h2-4,7-8,11-12H,5-6,9-10H2,1H3,(H2,27,31)(H,30,32)/t12-/m1/s1. The molecule has 0 saturated heterocycles. The number of primary amides is 1. The van der Waals surface area contributed by atoms with Crippen LogP contribution in [0.1, 0.15) is 46.3 Å². The summed E-state index contributed by atoms with van der Waals surface area (Å²) >= 11 is 2.14. The zero-order valence-electron chi connectivity index (χ0n) is 18.1. The molecule has 1 atom stereocenters. The third-order valence-electron chi connectivity index (χ3n) is 5.37. The minimum absolute atomic E-state index is 0.111. The monoisotopic (exact) mass is 506 g/mol. The lowest BCUT2D eigenvalue weighted by Crippen LogP contribution is -2.24. The number of halogens is 3. The van der Waals surface area contributed by atoms with Gasteiger partial charge in [-0.1, -0.05) is 42.1 Å². The molecule has 6 nitrogen and oxygen atoms in total. The molecule has 1 aromatic carbocycles. The van der Waals surface area contributed by atoms with Crippen molar-refractivity contribution in [1.29, 1.82) is 0 Å². The topological polar surface area (TPSA) is 98.0 Å². The maximum atomic E-state index is 13.5.